The van der Waals surface area contributed by atoms with Gasteiger partial charge in [-0.15, -0.1) is 0 Å². The van der Waals surface area contributed by atoms with Crippen LogP contribution in [-0.2, 0) is 4.79 Å². The number of aromatic carboxylic acids is 1. The van der Waals surface area contributed by atoms with Crippen molar-refractivity contribution in [2.75, 3.05) is 5.75 Å². The van der Waals surface area contributed by atoms with Crippen molar-refractivity contribution in [2.45, 2.75) is 6.92 Å². The van der Waals surface area contributed by atoms with Gasteiger partial charge in [-0.3, -0.25) is 9.59 Å². The molecule has 0 saturated heterocycles. The molecule has 0 atom stereocenters. The van der Waals surface area contributed by atoms with E-state index in [1.54, 1.807) is 18.2 Å². The summed E-state index contributed by atoms with van der Waals surface area (Å²) >= 11 is 1.13. The van der Waals surface area contributed by atoms with E-state index in [9.17, 15) is 14.4 Å². The van der Waals surface area contributed by atoms with Gasteiger partial charge < -0.3 is 10.1 Å². The molecule has 106 valence electrons. The van der Waals surface area contributed by atoms with Crippen LogP contribution in [0.5, 0.6) is 0 Å². The Morgan fingerprint density at radius 1 is 1.38 bits per heavy atom. The molecule has 0 fully saturated rings. The van der Waals surface area contributed by atoms with Gasteiger partial charge in [0.15, 0.2) is 5.12 Å². The van der Waals surface area contributed by atoms with E-state index in [2.05, 4.69) is 16.8 Å². The molecule has 2 rings (SSSR count). The Kier molecular flexibility index (Phi) is 4.45. The first kappa shape index (κ1) is 14.9. The lowest BCUT2D eigenvalue weighted by Crippen LogP contribution is -2.15. The highest BCUT2D eigenvalue weighted by atomic mass is 32.2. The van der Waals surface area contributed by atoms with E-state index in [0.717, 1.165) is 11.8 Å². The number of carboxylic acid groups (broad SMARTS) is 1. The average molecular weight is 301 g/mol. The molecule has 21 heavy (non-hydrogen) atoms. The molecule has 0 aliphatic rings. The second-order valence-electron chi connectivity index (χ2n) is 4.18. The summed E-state index contributed by atoms with van der Waals surface area (Å²) in [4.78, 5) is 36.4. The van der Waals surface area contributed by atoms with Crippen LogP contribution < -0.4 is 5.43 Å². The normalized spacial score (nSPS) is 9.95. The Hall–Kier alpha value is -2.52. The first-order valence-corrected chi connectivity index (χ1v) is 6.98. The minimum absolute atomic E-state index is 0.00772. The summed E-state index contributed by atoms with van der Waals surface area (Å²) in [6.07, 6.45) is 1.18. The molecule has 0 bridgehead atoms. The minimum atomic E-state index is -1.26. The van der Waals surface area contributed by atoms with Crippen LogP contribution in [0.15, 0.2) is 29.2 Å². The molecule has 5 nitrogen and oxygen atoms in total. The van der Waals surface area contributed by atoms with Crippen LogP contribution in [-0.4, -0.2) is 26.9 Å². The molecule has 6 heteroatoms. The van der Waals surface area contributed by atoms with E-state index in [1.807, 2.05) is 0 Å². The maximum absolute atomic E-state index is 11.9. The summed E-state index contributed by atoms with van der Waals surface area (Å²) in [7, 11) is 0. The van der Waals surface area contributed by atoms with Crippen molar-refractivity contribution >= 4 is 33.7 Å². The molecule has 0 unspecified atom stereocenters. The Labute approximate surface area is 124 Å². The number of H-pyrrole nitrogens is 1. The fraction of sp³-hybridized carbons (Fsp3) is 0.133. The summed E-state index contributed by atoms with van der Waals surface area (Å²) in [6.45, 7) is 1.48. The number of carboxylic acids is 1. The molecule has 0 spiro atoms. The van der Waals surface area contributed by atoms with E-state index in [4.69, 9.17) is 5.11 Å². The zero-order valence-electron chi connectivity index (χ0n) is 11.1. The van der Waals surface area contributed by atoms with Crippen molar-refractivity contribution in [3.8, 4) is 11.8 Å². The van der Waals surface area contributed by atoms with E-state index < -0.39 is 11.4 Å². The predicted molar refractivity (Wildman–Crippen MR) is 81.5 cm³/mol. The number of aromatic nitrogens is 1. The third kappa shape index (κ3) is 3.52. The number of hydrogen-bond donors (Lipinski definition) is 2. The number of thioether (sulfide) groups is 1. The molecule has 0 aliphatic heterocycles. The second-order valence-corrected chi connectivity index (χ2v) is 5.33. The van der Waals surface area contributed by atoms with E-state index in [0.29, 0.717) is 22.2 Å². The Bertz CT molecular complexity index is 842. The van der Waals surface area contributed by atoms with Crippen LogP contribution in [0, 0.1) is 11.8 Å². The topological polar surface area (TPSA) is 87.2 Å². The molecular weight excluding hydrogens is 290 g/mol. The molecule has 0 amide bonds. The zero-order chi connectivity index (χ0) is 15.4. The lowest BCUT2D eigenvalue weighted by atomic mass is 10.1. The maximum atomic E-state index is 11.9. The molecule has 0 radical (unpaired) electrons. The van der Waals surface area contributed by atoms with Gasteiger partial charge in [0.05, 0.1) is 11.3 Å². The number of carbonyl (C=O) groups is 2. The Morgan fingerprint density at radius 2 is 2.14 bits per heavy atom. The highest BCUT2D eigenvalue weighted by Crippen LogP contribution is 2.11. The van der Waals surface area contributed by atoms with Crippen molar-refractivity contribution in [3.05, 3.63) is 45.7 Å². The van der Waals surface area contributed by atoms with Gasteiger partial charge in [-0.1, -0.05) is 23.6 Å². The average Bonchev–Trinajstić information content (AvgIpc) is 2.43. The summed E-state index contributed by atoms with van der Waals surface area (Å²) in [5.74, 6) is 4.88. The number of carbonyl (C=O) groups excluding carboxylic acids is 1. The van der Waals surface area contributed by atoms with Crippen molar-refractivity contribution in [2.24, 2.45) is 0 Å². The maximum Gasteiger partial charge on any atom is 0.341 e. The van der Waals surface area contributed by atoms with Crippen molar-refractivity contribution < 1.29 is 14.7 Å². The first-order valence-electron chi connectivity index (χ1n) is 6.00. The van der Waals surface area contributed by atoms with Gasteiger partial charge in [-0.2, -0.15) is 0 Å². The van der Waals surface area contributed by atoms with Crippen LogP contribution >= 0.6 is 11.8 Å². The number of fused-ring (bicyclic) bond motifs is 1. The Morgan fingerprint density at radius 3 is 2.81 bits per heavy atom. The SMILES string of the molecule is CC(=O)SCC#Cc1ccc2c(=O)c(C(=O)O)c[nH]c2c1. The van der Waals surface area contributed by atoms with Gasteiger partial charge in [0.2, 0.25) is 5.43 Å². The van der Waals surface area contributed by atoms with Crippen LogP contribution in [0.25, 0.3) is 10.9 Å². The van der Waals surface area contributed by atoms with Gasteiger partial charge in [-0.25, -0.2) is 4.79 Å². The molecule has 0 saturated carbocycles. The highest BCUT2D eigenvalue weighted by Gasteiger charge is 2.11. The zero-order valence-corrected chi connectivity index (χ0v) is 11.9. The fourth-order valence-corrected chi connectivity index (χ4v) is 2.08. The quantitative estimate of drug-likeness (QED) is 0.827. The van der Waals surface area contributed by atoms with Crippen LogP contribution in [0.2, 0.25) is 0 Å². The van der Waals surface area contributed by atoms with Gasteiger partial charge in [0.1, 0.15) is 5.56 Å². The van der Waals surface area contributed by atoms with Crippen molar-refractivity contribution in [3.63, 3.8) is 0 Å². The number of benzene rings is 1. The minimum Gasteiger partial charge on any atom is -0.477 e. The molecule has 0 aliphatic carbocycles. The first-order chi connectivity index (χ1) is 9.99. The summed E-state index contributed by atoms with van der Waals surface area (Å²) in [5.41, 5.74) is 0.392. The predicted octanol–water partition coefficient (Wildman–Crippen LogP) is 1.86. The highest BCUT2D eigenvalue weighted by molar-refractivity contribution is 8.13. The largest absolute Gasteiger partial charge is 0.477 e. The van der Waals surface area contributed by atoms with Crippen molar-refractivity contribution in [1.82, 2.24) is 4.98 Å². The van der Waals surface area contributed by atoms with Crippen LogP contribution in [0.3, 0.4) is 0 Å². The smallest absolute Gasteiger partial charge is 0.341 e. The monoisotopic (exact) mass is 301 g/mol. The number of hydrogen-bond acceptors (Lipinski definition) is 4. The Balaban J connectivity index is 2.35. The van der Waals surface area contributed by atoms with Crippen molar-refractivity contribution in [1.29, 1.82) is 0 Å². The number of aromatic amines is 1. The van der Waals surface area contributed by atoms with E-state index in [1.165, 1.54) is 13.1 Å². The van der Waals surface area contributed by atoms with Gasteiger partial charge in [0, 0.05) is 24.1 Å². The fourth-order valence-electron chi connectivity index (χ4n) is 1.73. The second kappa shape index (κ2) is 6.29. The third-order valence-corrected chi connectivity index (χ3v) is 3.39. The van der Waals surface area contributed by atoms with Crippen LogP contribution in [0.4, 0.5) is 0 Å². The molecular formula is C15H11NO4S. The lowest BCUT2D eigenvalue weighted by molar-refractivity contribution is -0.109. The number of rotatable bonds is 2. The molecule has 1 aromatic heterocycles. The number of pyridine rings is 1. The van der Waals surface area contributed by atoms with Gasteiger partial charge >= 0.3 is 5.97 Å². The standard InChI is InChI=1S/C15H11NO4S/c1-9(17)21-6-2-3-10-4-5-11-13(7-10)16-8-12(14(11)18)15(19)20/h4-5,7-8H,6H2,1H3,(H,16,18)(H,19,20). The number of nitrogens with one attached hydrogen (secondary N) is 1. The van der Waals surface area contributed by atoms with Gasteiger partial charge in [-0.05, 0) is 18.2 Å². The summed E-state index contributed by atoms with van der Waals surface area (Å²) < 4.78 is 0. The third-order valence-electron chi connectivity index (χ3n) is 2.69. The summed E-state index contributed by atoms with van der Waals surface area (Å²) in [5, 5.41) is 9.21. The molecule has 1 heterocycles. The van der Waals surface area contributed by atoms with E-state index in [-0.39, 0.29) is 10.7 Å². The van der Waals surface area contributed by atoms with Gasteiger partial charge in [0.25, 0.3) is 0 Å². The molecule has 1 aromatic carbocycles. The van der Waals surface area contributed by atoms with E-state index >= 15 is 0 Å². The lowest BCUT2D eigenvalue weighted by Gasteiger charge is -2.00. The molecule has 2 N–H and O–H groups in total. The van der Waals surface area contributed by atoms with Crippen LogP contribution in [0.1, 0.15) is 22.8 Å². The summed E-state index contributed by atoms with van der Waals surface area (Å²) in [6, 6.07) is 4.87. The molecule has 2 aromatic rings.